The number of halogens is 9. The molecule has 32 heteroatoms. The topological polar surface area (TPSA) is 228 Å². The molecule has 14 aromatic rings. The van der Waals surface area contributed by atoms with Gasteiger partial charge in [0.25, 0.3) is 0 Å². The van der Waals surface area contributed by atoms with E-state index >= 15 is 0 Å². The van der Waals surface area contributed by atoms with Crippen LogP contribution in [0, 0.1) is 62.3 Å². The zero-order valence-electron chi connectivity index (χ0n) is 69.5. The van der Waals surface area contributed by atoms with Crippen molar-refractivity contribution in [2.24, 2.45) is 14.1 Å². The van der Waals surface area contributed by atoms with Gasteiger partial charge in [0.05, 0.1) is 57.1 Å². The lowest BCUT2D eigenvalue weighted by molar-refractivity contribution is -0.858. The lowest BCUT2D eigenvalue weighted by Gasteiger charge is -2.09. The van der Waals surface area contributed by atoms with Crippen LogP contribution in [0.5, 0.6) is 40.2 Å². The molecule has 15 nitrogen and oxygen atoms in total. The minimum atomic E-state index is 0.255. The number of aromatic hydroxyl groups is 7. The van der Waals surface area contributed by atoms with Crippen molar-refractivity contribution in [3.63, 3.8) is 0 Å². The normalized spacial score (nSPS) is 10.7. The minimum absolute atomic E-state index is 0.255. The molecule has 652 valence electrons. The Kier molecular flexibility index (Phi) is 42.2. The van der Waals surface area contributed by atoms with Crippen LogP contribution in [0.4, 0.5) is 0 Å². The highest BCUT2D eigenvalue weighted by Crippen LogP contribution is 2.40. The Hall–Kier alpha value is -7.08. The van der Waals surface area contributed by atoms with Gasteiger partial charge < -0.3 is 40.3 Å². The Morgan fingerprint density at radius 2 is 0.677 bits per heavy atom. The van der Waals surface area contributed by atoms with E-state index in [-0.39, 0.29) is 17.2 Å². The van der Waals surface area contributed by atoms with Gasteiger partial charge in [-0.25, -0.2) is 4.98 Å². The summed E-state index contributed by atoms with van der Waals surface area (Å²) in [4.78, 5) is 24.7. The van der Waals surface area contributed by atoms with Crippen LogP contribution in [0.1, 0.15) is 101 Å². The van der Waals surface area contributed by atoms with E-state index in [1.165, 1.54) is 10.6 Å². The van der Waals surface area contributed by atoms with E-state index in [1.807, 2.05) is 135 Å². The van der Waals surface area contributed by atoms with Gasteiger partial charge in [-0.1, -0.05) is 121 Å². The van der Waals surface area contributed by atoms with Gasteiger partial charge in [-0.3, -0.25) is 15.0 Å². The highest BCUT2D eigenvalue weighted by Gasteiger charge is 2.19. The van der Waals surface area contributed by atoms with Gasteiger partial charge in [-0.05, 0) is 257 Å². The molecule has 0 unspecified atom stereocenters. The van der Waals surface area contributed by atoms with Gasteiger partial charge in [0.2, 0.25) is 11.4 Å². The molecule has 8 aromatic carbocycles. The van der Waals surface area contributed by atoms with Crippen molar-refractivity contribution in [1.82, 2.24) is 29.7 Å². The summed E-state index contributed by atoms with van der Waals surface area (Å²) in [5.74, 6) is 7.21. The van der Waals surface area contributed by atoms with Crippen LogP contribution in [0.25, 0.3) is 0 Å². The number of phenolic OH excluding ortho intramolecular Hbond substituents is 7. The maximum atomic E-state index is 9.56. The quantitative estimate of drug-likeness (QED) is 0.0190. The molecule has 7 N–H and O–H groups in total. The van der Waals surface area contributed by atoms with Crippen molar-refractivity contribution < 1.29 is 45.1 Å². The van der Waals surface area contributed by atoms with Crippen LogP contribution in [-0.2, 0) is 60.8 Å². The number of benzene rings is 8. The highest BCUT2D eigenvalue weighted by molar-refractivity contribution is 8.00. The fourth-order valence-electron chi connectivity index (χ4n) is 11.4. The maximum absolute atomic E-state index is 9.56. The summed E-state index contributed by atoms with van der Waals surface area (Å²) >= 11 is 67.8. The first-order valence-corrected chi connectivity index (χ1v) is 49.0. The van der Waals surface area contributed by atoms with Gasteiger partial charge in [0.1, 0.15) is 47.3 Å². The van der Waals surface area contributed by atoms with E-state index in [9.17, 15) is 35.7 Å². The number of thioether (sulfide) groups is 7. The third-order valence-corrected chi connectivity index (χ3v) is 28.6. The summed E-state index contributed by atoms with van der Waals surface area (Å²) in [6, 6.07) is 42.1. The molecule has 124 heavy (non-hydrogen) atoms. The lowest BCUT2D eigenvalue weighted by atomic mass is 10.2. The van der Waals surface area contributed by atoms with Crippen LogP contribution in [0.2, 0.25) is 45.2 Å². The smallest absolute Gasteiger partial charge is 0.244 e. The molecular weight excluding hydrogens is 1910 g/mol. The van der Waals surface area contributed by atoms with Gasteiger partial charge >= 0.3 is 0 Å². The molecule has 0 aliphatic rings. The first-order valence-electron chi connectivity index (χ1n) is 37.8. The van der Waals surface area contributed by atoms with Crippen molar-refractivity contribution in [3.05, 3.63) is 334 Å². The van der Waals surface area contributed by atoms with Crippen LogP contribution in [0.15, 0.2) is 234 Å². The van der Waals surface area contributed by atoms with E-state index in [0.717, 1.165) is 152 Å². The largest absolute Gasteiger partial charge is 0.508 e. The van der Waals surface area contributed by atoms with Crippen molar-refractivity contribution in [1.29, 1.82) is 0 Å². The lowest BCUT2D eigenvalue weighted by Crippen LogP contribution is -2.29. The number of hydrogen-bond acceptors (Lipinski definition) is 21. The molecule has 0 amide bonds. The van der Waals surface area contributed by atoms with Crippen molar-refractivity contribution in [2.75, 3.05) is 0 Å². The number of aryl methyl sites for hydroxylation is 12. The molecule has 0 aliphatic carbocycles. The Morgan fingerprint density at radius 1 is 0.363 bits per heavy atom. The van der Waals surface area contributed by atoms with Gasteiger partial charge in [-0.15, -0.1) is 93.7 Å². The Morgan fingerprint density at radius 3 is 1.00 bits per heavy atom. The van der Waals surface area contributed by atoms with E-state index in [4.69, 9.17) is 109 Å². The van der Waals surface area contributed by atoms with E-state index in [2.05, 4.69) is 50.2 Å². The number of aromatic nitrogens is 7. The van der Waals surface area contributed by atoms with Gasteiger partial charge in [0.15, 0.2) is 5.16 Å². The molecule has 14 rings (SSSR count). The molecule has 0 spiro atoms. The van der Waals surface area contributed by atoms with E-state index in [1.54, 1.807) is 220 Å². The minimum Gasteiger partial charge on any atom is -0.508 e. The molecule has 0 bridgehead atoms. The van der Waals surface area contributed by atoms with E-state index in [0.29, 0.717) is 80.4 Å². The number of thiazole rings is 1. The molecule has 0 atom stereocenters. The summed E-state index contributed by atoms with van der Waals surface area (Å²) in [5.41, 5.74) is 18.2. The molecule has 6 heterocycles. The first kappa shape index (κ1) is 102. The van der Waals surface area contributed by atoms with Crippen molar-refractivity contribution in [2.45, 2.75) is 150 Å². The monoisotopic (exact) mass is 1990 g/mol. The molecule has 0 saturated carbocycles. The average molecular weight is 2000 g/mol. The predicted octanol–water partition coefficient (Wildman–Crippen LogP) is 29.8. The average Bonchev–Trinajstić information content (AvgIpc) is 1.55. The molecular formula is C92H91Cl9N7O8S8+. The fourth-order valence-corrected chi connectivity index (χ4v) is 22.9. The standard InChI is InChI=1S/C14H11Cl3OS.C14H14ClNOS.2C13H11Cl2NOS.C13H14ClNOS.C13H15NOS2.C12H14N2O2S/c1-8-4-9(18)6-10(5-8)19-7-11-12(15)2-3-13(16)14(11)17;1-9-3-11(17)5-12(4-9)18-8-13-10(2)6-16-7-14(13)15;2*1-8-2-9(17)4-10(3-8)18-7-11-12(14)5-16-6-13(11)15;1-9-3-11(16)5-12(4-9)17-8-10-6-15(2)7-13(10)14;1-3-12-13(17-8-14-12)7-16-11-5-9(2)4-10(15)6-11;1-8-4-10(15)6-11(5-8)17-7-12-9(2)13-16-14(12)3/h2-6,18H,7H2,1H3;3-7,17H,8H2,1-2H3;2*2-6,17H,7H2,1H3;3-7,16H,8H2,1-2H3;4-6,8,15H,3,7H2,1-2H3;4-6H,7H2,1-3H3/p+1. The Bertz CT molecular complexity index is 5440. The summed E-state index contributed by atoms with van der Waals surface area (Å²) in [5, 5.41) is 75.9. The second-order valence-corrected chi connectivity index (χ2v) is 39.9. The molecule has 0 radical (unpaired) electrons. The highest BCUT2D eigenvalue weighted by atomic mass is 35.5. The van der Waals surface area contributed by atoms with Crippen molar-refractivity contribution in [3.8, 4) is 40.2 Å². The zero-order valence-corrected chi connectivity index (χ0v) is 82.8. The van der Waals surface area contributed by atoms with Crippen molar-refractivity contribution >= 4 is 198 Å². The summed E-state index contributed by atoms with van der Waals surface area (Å²) in [6.45, 7) is 19.8. The molecule has 0 saturated heterocycles. The number of hydrogen-bond donors (Lipinski definition) is 7. The number of pyridine rings is 3. The first-order chi connectivity index (χ1) is 58.9. The van der Waals surface area contributed by atoms with Gasteiger partial charge in [0, 0.05) is 159 Å². The third kappa shape index (κ3) is 34.5. The summed E-state index contributed by atoms with van der Waals surface area (Å²) in [7, 11) is 3.79. The number of rotatable bonds is 22. The fraction of sp³-hybridized carbons (Fsp3) is 0.217. The van der Waals surface area contributed by atoms with Gasteiger partial charge in [-0.2, -0.15) is 0 Å². The number of phenols is 7. The summed E-state index contributed by atoms with van der Waals surface area (Å²) < 4.78 is 8.65. The Labute approximate surface area is 803 Å². The molecule has 0 fully saturated rings. The van der Waals surface area contributed by atoms with Crippen LogP contribution < -0.4 is 4.74 Å². The molecule has 0 aliphatic heterocycles. The zero-order chi connectivity index (χ0) is 90.4. The summed E-state index contributed by atoms with van der Waals surface area (Å²) in [6.07, 6.45) is 14.7. The van der Waals surface area contributed by atoms with Crippen LogP contribution in [0.3, 0.4) is 0 Å². The molecule has 6 aromatic heterocycles. The van der Waals surface area contributed by atoms with Crippen LogP contribution in [-0.4, -0.2) is 65.4 Å². The second kappa shape index (κ2) is 51.2. The third-order valence-electron chi connectivity index (χ3n) is 17.3. The predicted molar refractivity (Wildman–Crippen MR) is 525 cm³/mol. The van der Waals surface area contributed by atoms with Crippen LogP contribution >= 0.6 is 198 Å². The van der Waals surface area contributed by atoms with E-state index < -0.39 is 0 Å². The Balaban J connectivity index is 0.000000179. The second-order valence-electron chi connectivity index (χ2n) is 28.0. The number of nitrogens with zero attached hydrogens (tertiary/aromatic N) is 7. The SMILES string of the molecule is CCc1ncsc1CSc1cc(C)cc(O)c1.Cc1cc(O)cc(SCc2c(C)cncc2Cl)c1.Cc1cc(O)cc(SCc2c(C)no[n+]2C)c1.Cc1cc(O)cc(SCc2c(Cl)ccc(Cl)c2Cl)c1.Cc1cc(O)cc(SCc2c(Cl)cncc2Cl)c1.Cc1cc(O)cc(SCc2c(Cl)cncc2Cl)c1.Cc1cc(O)cc(SCc2cn(C)cc2Cl)c1. The maximum Gasteiger partial charge on any atom is 0.244 e.